The minimum Gasteiger partial charge on any atom is -0.0856 e. The molecule has 0 amide bonds. The van der Waals surface area contributed by atoms with Crippen LogP contribution in [-0.4, -0.2) is 0 Å². The molecular formula is C12H24. The molecule has 0 heteroatoms. The Bertz CT molecular complexity index is 111. The topological polar surface area (TPSA) is 0 Å². The van der Waals surface area contributed by atoms with Gasteiger partial charge in [0, 0.05) is 0 Å². The van der Waals surface area contributed by atoms with Crippen molar-refractivity contribution in [2.45, 2.75) is 65.7 Å². The molecule has 0 heterocycles. The fourth-order valence-corrected chi connectivity index (χ4v) is 1.32. The highest BCUT2D eigenvalue weighted by atomic mass is 14.0. The van der Waals surface area contributed by atoms with Crippen molar-refractivity contribution in [2.75, 3.05) is 0 Å². The number of hydrogen-bond donors (Lipinski definition) is 0. The predicted octanol–water partition coefficient (Wildman–Crippen LogP) is 4.70. The Kier molecular flexibility index (Phi) is 8.64. The fraction of sp³-hybridized carbons (Fsp3) is 0.833. The molecule has 12 heavy (non-hydrogen) atoms. The van der Waals surface area contributed by atoms with Crippen LogP contribution in [0.1, 0.15) is 65.7 Å². The van der Waals surface area contributed by atoms with Crippen LogP contribution in [0.4, 0.5) is 0 Å². The monoisotopic (exact) mass is 168 g/mol. The molecule has 0 spiro atoms. The molecule has 0 saturated carbocycles. The van der Waals surface area contributed by atoms with Gasteiger partial charge in [0.2, 0.25) is 0 Å². The molecule has 0 aromatic carbocycles. The van der Waals surface area contributed by atoms with Crippen molar-refractivity contribution in [3.8, 4) is 0 Å². The van der Waals surface area contributed by atoms with E-state index in [-0.39, 0.29) is 0 Å². The quantitative estimate of drug-likeness (QED) is 0.382. The third-order valence-electron chi connectivity index (χ3n) is 2.21. The first-order valence-corrected chi connectivity index (χ1v) is 5.46. The molecular weight excluding hydrogens is 144 g/mol. The molecule has 0 saturated heterocycles. The van der Waals surface area contributed by atoms with Crippen molar-refractivity contribution >= 4 is 0 Å². The van der Waals surface area contributed by atoms with Crippen LogP contribution >= 0.6 is 0 Å². The molecule has 0 aliphatic carbocycles. The van der Waals surface area contributed by atoms with Crippen LogP contribution < -0.4 is 0 Å². The van der Waals surface area contributed by atoms with E-state index < -0.39 is 0 Å². The average molecular weight is 168 g/mol. The van der Waals surface area contributed by atoms with Gasteiger partial charge in [0.25, 0.3) is 0 Å². The largest absolute Gasteiger partial charge is 0.0856 e. The fourth-order valence-electron chi connectivity index (χ4n) is 1.32. The number of allylic oxidation sites excluding steroid dienone is 2. The molecule has 0 nitrogen and oxygen atoms in total. The lowest BCUT2D eigenvalue weighted by Crippen LogP contribution is -1.80. The van der Waals surface area contributed by atoms with Crippen LogP contribution in [0.15, 0.2) is 11.6 Å². The number of unbranched alkanes of at least 4 members (excludes halogenated alkanes) is 4. The second-order valence-electron chi connectivity index (χ2n) is 3.65. The van der Waals surface area contributed by atoms with E-state index in [9.17, 15) is 0 Å². The molecule has 0 atom stereocenters. The third kappa shape index (κ3) is 7.84. The minimum absolute atomic E-state index is 1.26. The summed E-state index contributed by atoms with van der Waals surface area (Å²) in [4.78, 5) is 0. The normalized spacial score (nSPS) is 12.1. The number of rotatable bonds is 7. The van der Waals surface area contributed by atoms with Gasteiger partial charge >= 0.3 is 0 Å². The van der Waals surface area contributed by atoms with E-state index in [4.69, 9.17) is 0 Å². The highest BCUT2D eigenvalue weighted by Gasteiger charge is 1.90. The first-order chi connectivity index (χ1) is 5.81. The Labute approximate surface area is 78.1 Å². The van der Waals surface area contributed by atoms with Gasteiger partial charge in [0.05, 0.1) is 0 Å². The summed E-state index contributed by atoms with van der Waals surface area (Å²) in [6.07, 6.45) is 11.8. The van der Waals surface area contributed by atoms with Gasteiger partial charge in [-0.15, -0.1) is 0 Å². The molecule has 0 aliphatic rings. The summed E-state index contributed by atoms with van der Waals surface area (Å²) < 4.78 is 0. The molecule has 0 fully saturated rings. The van der Waals surface area contributed by atoms with Gasteiger partial charge in [-0.25, -0.2) is 0 Å². The standard InChI is InChI=1S/C12H24/c1-4-6-8-9-11-12(3)10-7-5-2/h10H,4-9,11H2,1-3H3/b12-10+. The smallest absolute Gasteiger partial charge is 0.0323 e. The van der Waals surface area contributed by atoms with E-state index in [2.05, 4.69) is 26.8 Å². The van der Waals surface area contributed by atoms with Gasteiger partial charge < -0.3 is 0 Å². The number of hydrogen-bond acceptors (Lipinski definition) is 0. The summed E-state index contributed by atoms with van der Waals surface area (Å²) in [6, 6.07) is 0. The van der Waals surface area contributed by atoms with Gasteiger partial charge in [-0.3, -0.25) is 0 Å². The van der Waals surface area contributed by atoms with Crippen molar-refractivity contribution in [2.24, 2.45) is 0 Å². The highest BCUT2D eigenvalue weighted by Crippen LogP contribution is 2.10. The van der Waals surface area contributed by atoms with Crippen LogP contribution in [0.25, 0.3) is 0 Å². The van der Waals surface area contributed by atoms with Crippen molar-refractivity contribution in [1.82, 2.24) is 0 Å². The van der Waals surface area contributed by atoms with Gasteiger partial charge in [-0.2, -0.15) is 0 Å². The third-order valence-corrected chi connectivity index (χ3v) is 2.21. The van der Waals surface area contributed by atoms with E-state index in [0.29, 0.717) is 0 Å². The van der Waals surface area contributed by atoms with Gasteiger partial charge in [-0.05, 0) is 26.2 Å². The Morgan fingerprint density at radius 1 is 1.00 bits per heavy atom. The molecule has 0 bridgehead atoms. The van der Waals surface area contributed by atoms with Gasteiger partial charge in [0.1, 0.15) is 0 Å². The molecule has 0 aromatic rings. The first-order valence-electron chi connectivity index (χ1n) is 5.46. The van der Waals surface area contributed by atoms with Crippen LogP contribution in [0, 0.1) is 0 Å². The zero-order valence-corrected chi connectivity index (χ0v) is 9.03. The minimum atomic E-state index is 1.26. The average Bonchev–Trinajstić information content (AvgIpc) is 2.09. The molecule has 0 radical (unpaired) electrons. The maximum Gasteiger partial charge on any atom is -0.0323 e. The molecule has 0 N–H and O–H groups in total. The van der Waals surface area contributed by atoms with E-state index in [1.54, 1.807) is 5.57 Å². The van der Waals surface area contributed by atoms with Crippen LogP contribution in [0.3, 0.4) is 0 Å². The summed E-state index contributed by atoms with van der Waals surface area (Å²) in [7, 11) is 0. The molecule has 0 aliphatic heterocycles. The second-order valence-corrected chi connectivity index (χ2v) is 3.65. The predicted molar refractivity (Wildman–Crippen MR) is 57.4 cm³/mol. The van der Waals surface area contributed by atoms with Crippen LogP contribution in [0.5, 0.6) is 0 Å². The van der Waals surface area contributed by atoms with Crippen LogP contribution in [-0.2, 0) is 0 Å². The zero-order valence-electron chi connectivity index (χ0n) is 9.03. The van der Waals surface area contributed by atoms with Crippen LogP contribution in [0.2, 0.25) is 0 Å². The second kappa shape index (κ2) is 8.83. The summed E-state index contributed by atoms with van der Waals surface area (Å²) in [5, 5.41) is 0. The maximum absolute atomic E-state index is 2.39. The maximum atomic E-state index is 2.39. The van der Waals surface area contributed by atoms with Crippen molar-refractivity contribution in [3.63, 3.8) is 0 Å². The van der Waals surface area contributed by atoms with Crippen molar-refractivity contribution in [1.29, 1.82) is 0 Å². The van der Waals surface area contributed by atoms with E-state index in [0.717, 1.165) is 0 Å². The van der Waals surface area contributed by atoms with Crippen molar-refractivity contribution < 1.29 is 0 Å². The van der Waals surface area contributed by atoms with Crippen molar-refractivity contribution in [3.05, 3.63) is 11.6 Å². The molecule has 0 rings (SSSR count). The molecule has 72 valence electrons. The van der Waals surface area contributed by atoms with E-state index in [1.807, 2.05) is 0 Å². The summed E-state index contributed by atoms with van der Waals surface area (Å²) in [6.45, 7) is 6.77. The molecule has 0 aromatic heterocycles. The Balaban J connectivity index is 3.24. The first kappa shape index (κ1) is 11.7. The lowest BCUT2D eigenvalue weighted by molar-refractivity contribution is 0.663. The Morgan fingerprint density at radius 2 is 1.75 bits per heavy atom. The summed E-state index contributed by atoms with van der Waals surface area (Å²) in [5.41, 5.74) is 1.59. The lowest BCUT2D eigenvalue weighted by atomic mass is 10.1. The highest BCUT2D eigenvalue weighted by molar-refractivity contribution is 4.97. The van der Waals surface area contributed by atoms with E-state index >= 15 is 0 Å². The van der Waals surface area contributed by atoms with Gasteiger partial charge in [-0.1, -0.05) is 51.2 Å². The van der Waals surface area contributed by atoms with E-state index in [1.165, 1.54) is 44.9 Å². The summed E-state index contributed by atoms with van der Waals surface area (Å²) in [5.74, 6) is 0. The lowest BCUT2D eigenvalue weighted by Gasteiger charge is -2.00. The SMILES string of the molecule is CCC/C=C(\C)CCCCCC. The summed E-state index contributed by atoms with van der Waals surface area (Å²) >= 11 is 0. The Hall–Kier alpha value is -0.260. The van der Waals surface area contributed by atoms with Gasteiger partial charge in [0.15, 0.2) is 0 Å². The Morgan fingerprint density at radius 3 is 2.33 bits per heavy atom. The molecule has 0 unspecified atom stereocenters. The zero-order chi connectivity index (χ0) is 9.23.